The average molecular weight is 525 g/mol. The van der Waals surface area contributed by atoms with E-state index in [-0.39, 0.29) is 11.9 Å². The molecule has 176 valence electrons. The molecule has 0 aliphatic heterocycles. The van der Waals surface area contributed by atoms with Crippen molar-refractivity contribution in [2.75, 3.05) is 12.4 Å². The van der Waals surface area contributed by atoms with Crippen molar-refractivity contribution in [3.05, 3.63) is 40.9 Å². The van der Waals surface area contributed by atoms with Crippen molar-refractivity contribution in [3.8, 4) is 5.69 Å². The number of anilines is 1. The van der Waals surface area contributed by atoms with Crippen LogP contribution in [0, 0.1) is 5.41 Å². The van der Waals surface area contributed by atoms with Gasteiger partial charge in [0.1, 0.15) is 4.60 Å². The molecule has 1 unspecified atom stereocenters. The van der Waals surface area contributed by atoms with Crippen molar-refractivity contribution in [2.45, 2.75) is 45.3 Å². The first kappa shape index (κ1) is 22.6. The van der Waals surface area contributed by atoms with E-state index in [0.717, 1.165) is 18.2 Å². The second-order valence-corrected chi connectivity index (χ2v) is 9.74. The van der Waals surface area contributed by atoms with Crippen LogP contribution in [0.4, 0.5) is 5.95 Å². The number of carbonyl (C=O) groups excluding carboxylic acids is 1. The van der Waals surface area contributed by atoms with Gasteiger partial charge in [-0.15, -0.1) is 0 Å². The molecule has 1 fully saturated rings. The van der Waals surface area contributed by atoms with E-state index in [4.69, 9.17) is 4.98 Å². The lowest BCUT2D eigenvalue weighted by Gasteiger charge is -2.22. The first-order chi connectivity index (χ1) is 16.3. The summed E-state index contributed by atoms with van der Waals surface area (Å²) in [7, 11) is 1.67. The van der Waals surface area contributed by atoms with E-state index >= 15 is 0 Å². The number of aromatic nitrogens is 6. The van der Waals surface area contributed by atoms with Crippen molar-refractivity contribution < 1.29 is 9.90 Å². The Morgan fingerprint density at radius 1 is 1.29 bits per heavy atom. The SMILES string of the molecule is CNC(=O)[C@]1(C)CC[C@@H](Nc2ncc3c(Br)nn(-c4cc(C(C)O)c5nccnc5c4)c3n2)C1. The highest BCUT2D eigenvalue weighted by molar-refractivity contribution is 9.10. The summed E-state index contributed by atoms with van der Waals surface area (Å²) < 4.78 is 2.32. The Morgan fingerprint density at radius 3 is 2.85 bits per heavy atom. The predicted octanol–water partition coefficient (Wildman–Crippen LogP) is 3.29. The largest absolute Gasteiger partial charge is 0.389 e. The zero-order valence-corrected chi connectivity index (χ0v) is 20.7. The van der Waals surface area contributed by atoms with Crippen LogP contribution in [0.5, 0.6) is 0 Å². The van der Waals surface area contributed by atoms with Crippen LogP contribution >= 0.6 is 15.9 Å². The summed E-state index contributed by atoms with van der Waals surface area (Å²) >= 11 is 3.51. The highest BCUT2D eigenvalue weighted by atomic mass is 79.9. The molecular formula is C23H25BrN8O2. The van der Waals surface area contributed by atoms with Gasteiger partial charge in [-0.2, -0.15) is 10.1 Å². The molecule has 11 heteroatoms. The topological polar surface area (TPSA) is 131 Å². The van der Waals surface area contributed by atoms with E-state index in [0.29, 0.717) is 44.9 Å². The number of halogens is 1. The van der Waals surface area contributed by atoms with Crippen LogP contribution in [0.15, 0.2) is 35.3 Å². The predicted molar refractivity (Wildman–Crippen MR) is 132 cm³/mol. The fourth-order valence-electron chi connectivity index (χ4n) is 4.70. The summed E-state index contributed by atoms with van der Waals surface area (Å²) in [4.78, 5) is 30.3. The second-order valence-electron chi connectivity index (χ2n) is 8.99. The molecule has 0 spiro atoms. The number of aliphatic hydroxyl groups excluding tert-OH is 1. The molecule has 1 amide bonds. The second kappa shape index (κ2) is 8.55. The molecule has 1 aromatic carbocycles. The maximum atomic E-state index is 12.3. The minimum Gasteiger partial charge on any atom is -0.389 e. The Hall–Kier alpha value is -3.18. The van der Waals surface area contributed by atoms with Crippen molar-refractivity contribution in [3.63, 3.8) is 0 Å². The van der Waals surface area contributed by atoms with Crippen LogP contribution in [0.25, 0.3) is 27.8 Å². The van der Waals surface area contributed by atoms with Gasteiger partial charge in [0.2, 0.25) is 11.9 Å². The van der Waals surface area contributed by atoms with Gasteiger partial charge in [-0.05, 0) is 54.2 Å². The maximum Gasteiger partial charge on any atom is 0.225 e. The number of hydrogen-bond acceptors (Lipinski definition) is 8. The molecule has 3 heterocycles. The van der Waals surface area contributed by atoms with Gasteiger partial charge in [-0.1, -0.05) is 6.92 Å². The van der Waals surface area contributed by atoms with E-state index in [1.165, 1.54) is 0 Å². The Labute approximate surface area is 204 Å². The van der Waals surface area contributed by atoms with Gasteiger partial charge in [0, 0.05) is 42.7 Å². The molecule has 3 aromatic heterocycles. The average Bonchev–Trinajstić information content (AvgIpc) is 3.37. The molecule has 1 aliphatic rings. The molecule has 0 bridgehead atoms. The quantitative estimate of drug-likeness (QED) is 0.362. The highest BCUT2D eigenvalue weighted by Gasteiger charge is 2.41. The first-order valence-corrected chi connectivity index (χ1v) is 11.9. The summed E-state index contributed by atoms with van der Waals surface area (Å²) in [5, 5.41) is 21.9. The molecule has 10 nitrogen and oxygen atoms in total. The Kier molecular flexibility index (Phi) is 5.68. The summed E-state index contributed by atoms with van der Waals surface area (Å²) in [6.07, 6.45) is 6.59. The standard InChI is InChI=1S/C23H25BrN8O2/c1-12(33)15-8-14(9-17-18(15)27-7-6-26-17)32-20-16(19(24)31-32)11-28-22(30-20)29-13-4-5-23(2,10-13)21(34)25-3/h6-9,11-13,33H,4-5,10H2,1-3H3,(H,25,34)(H,28,29,30)/t12?,13-,23-/m1/s1. The van der Waals surface area contributed by atoms with Gasteiger partial charge >= 0.3 is 0 Å². The van der Waals surface area contributed by atoms with Gasteiger partial charge in [-0.25, -0.2) is 9.67 Å². The van der Waals surface area contributed by atoms with Gasteiger partial charge in [-0.3, -0.25) is 14.8 Å². The summed E-state index contributed by atoms with van der Waals surface area (Å²) in [5.41, 5.74) is 2.88. The van der Waals surface area contributed by atoms with Gasteiger partial charge in [0.05, 0.1) is 28.2 Å². The number of benzene rings is 1. The lowest BCUT2D eigenvalue weighted by molar-refractivity contribution is -0.129. The van der Waals surface area contributed by atoms with Crippen LogP contribution in [-0.4, -0.2) is 53.8 Å². The summed E-state index contributed by atoms with van der Waals surface area (Å²) in [6, 6.07) is 3.81. The van der Waals surface area contributed by atoms with E-state index < -0.39 is 11.5 Å². The van der Waals surface area contributed by atoms with Gasteiger partial charge < -0.3 is 15.7 Å². The van der Waals surface area contributed by atoms with Gasteiger partial charge in [0.25, 0.3) is 0 Å². The van der Waals surface area contributed by atoms with Crippen LogP contribution in [0.3, 0.4) is 0 Å². The number of rotatable bonds is 5. The Balaban J connectivity index is 1.53. The molecule has 34 heavy (non-hydrogen) atoms. The minimum absolute atomic E-state index is 0.0588. The summed E-state index contributed by atoms with van der Waals surface area (Å²) in [5.74, 6) is 0.534. The zero-order valence-electron chi connectivity index (χ0n) is 19.1. The van der Waals surface area contributed by atoms with Crippen LogP contribution in [-0.2, 0) is 4.79 Å². The third-order valence-electron chi connectivity index (χ3n) is 6.51. The lowest BCUT2D eigenvalue weighted by atomic mass is 9.87. The number of amides is 1. The third-order valence-corrected chi connectivity index (χ3v) is 7.10. The minimum atomic E-state index is -0.728. The number of fused-ring (bicyclic) bond motifs is 2. The van der Waals surface area contributed by atoms with E-state index in [1.807, 2.05) is 19.1 Å². The van der Waals surface area contributed by atoms with E-state index in [9.17, 15) is 9.90 Å². The third kappa shape index (κ3) is 3.88. The van der Waals surface area contributed by atoms with Gasteiger partial charge in [0.15, 0.2) is 5.65 Å². The molecule has 3 N–H and O–H groups in total. The monoisotopic (exact) mass is 524 g/mol. The fourth-order valence-corrected chi connectivity index (χ4v) is 5.14. The number of carbonyl (C=O) groups is 1. The Bertz CT molecular complexity index is 1400. The van der Waals surface area contributed by atoms with Crippen molar-refractivity contribution >= 4 is 49.9 Å². The van der Waals surface area contributed by atoms with Crippen molar-refractivity contribution in [1.82, 2.24) is 35.0 Å². The fraction of sp³-hybridized carbons (Fsp3) is 0.391. The molecule has 1 saturated carbocycles. The maximum absolute atomic E-state index is 12.3. The van der Waals surface area contributed by atoms with Crippen LogP contribution < -0.4 is 10.6 Å². The summed E-state index contributed by atoms with van der Waals surface area (Å²) in [6.45, 7) is 3.69. The number of nitrogens with zero attached hydrogens (tertiary/aromatic N) is 6. The lowest BCUT2D eigenvalue weighted by Crippen LogP contribution is -2.35. The number of hydrogen-bond donors (Lipinski definition) is 3. The zero-order chi connectivity index (χ0) is 24.0. The van der Waals surface area contributed by atoms with E-state index in [1.54, 1.807) is 37.2 Å². The van der Waals surface area contributed by atoms with E-state index in [2.05, 4.69) is 46.6 Å². The van der Waals surface area contributed by atoms with Crippen LogP contribution in [0.1, 0.15) is 44.8 Å². The van der Waals surface area contributed by atoms with Crippen molar-refractivity contribution in [1.29, 1.82) is 0 Å². The number of nitrogens with one attached hydrogen (secondary N) is 2. The smallest absolute Gasteiger partial charge is 0.225 e. The highest BCUT2D eigenvalue weighted by Crippen LogP contribution is 2.39. The molecule has 4 aromatic rings. The molecule has 0 saturated heterocycles. The molecule has 1 aliphatic carbocycles. The first-order valence-electron chi connectivity index (χ1n) is 11.1. The number of aliphatic hydroxyl groups is 1. The Morgan fingerprint density at radius 2 is 2.09 bits per heavy atom. The normalized spacial score (nSPS) is 21.1. The molecular weight excluding hydrogens is 500 g/mol. The molecule has 5 rings (SSSR count). The van der Waals surface area contributed by atoms with Crippen molar-refractivity contribution in [2.24, 2.45) is 5.41 Å². The molecule has 0 radical (unpaired) electrons. The molecule has 3 atom stereocenters. The van der Waals surface area contributed by atoms with Crippen LogP contribution in [0.2, 0.25) is 0 Å².